The van der Waals surface area contributed by atoms with Crippen molar-refractivity contribution in [3.63, 3.8) is 0 Å². The van der Waals surface area contributed by atoms with Crippen LogP contribution in [-0.2, 0) is 12.8 Å². The average Bonchev–Trinajstić information content (AvgIpc) is 2.82. The highest BCUT2D eigenvalue weighted by Crippen LogP contribution is 2.41. The van der Waals surface area contributed by atoms with Gasteiger partial charge in [-0.3, -0.25) is 0 Å². The van der Waals surface area contributed by atoms with Crippen molar-refractivity contribution in [3.05, 3.63) is 32.1 Å². The molecule has 0 aromatic carbocycles. The lowest BCUT2D eigenvalue weighted by molar-refractivity contribution is 0.0698. The zero-order chi connectivity index (χ0) is 10.4. The van der Waals surface area contributed by atoms with Crippen LogP contribution in [0.15, 0.2) is 16.8 Å². The number of aromatic carboxylic acids is 1. The minimum atomic E-state index is -0.813. The SMILES string of the molecule is O=C(O)c1csc2c1-c1ccsc1CC2. The molecule has 0 saturated carbocycles. The van der Waals surface area contributed by atoms with Crippen molar-refractivity contribution < 1.29 is 9.90 Å². The second kappa shape index (κ2) is 3.18. The van der Waals surface area contributed by atoms with Gasteiger partial charge in [0.05, 0.1) is 5.56 Å². The molecule has 2 nitrogen and oxygen atoms in total. The van der Waals surface area contributed by atoms with Crippen molar-refractivity contribution >= 4 is 28.6 Å². The second-order valence-electron chi connectivity index (χ2n) is 3.51. The van der Waals surface area contributed by atoms with Gasteiger partial charge in [-0.05, 0) is 29.9 Å². The third-order valence-corrected chi connectivity index (χ3v) is 4.72. The van der Waals surface area contributed by atoms with Crippen LogP contribution in [0.2, 0.25) is 0 Å². The molecule has 0 atom stereocenters. The Hall–Kier alpha value is -1.13. The van der Waals surface area contributed by atoms with Gasteiger partial charge in [0.15, 0.2) is 0 Å². The maximum atomic E-state index is 11.1. The molecule has 2 heterocycles. The lowest BCUT2D eigenvalue weighted by Crippen LogP contribution is -2.02. The Morgan fingerprint density at radius 1 is 1.27 bits per heavy atom. The van der Waals surface area contributed by atoms with E-state index in [4.69, 9.17) is 5.11 Å². The van der Waals surface area contributed by atoms with Gasteiger partial charge in [-0.1, -0.05) is 0 Å². The Labute approximate surface area is 94.8 Å². The summed E-state index contributed by atoms with van der Waals surface area (Å²) in [5, 5.41) is 12.9. The molecule has 2 aromatic heterocycles. The smallest absolute Gasteiger partial charge is 0.337 e. The monoisotopic (exact) mass is 236 g/mol. The first kappa shape index (κ1) is 9.12. The Morgan fingerprint density at radius 2 is 2.07 bits per heavy atom. The summed E-state index contributed by atoms with van der Waals surface area (Å²) in [5.41, 5.74) is 2.57. The molecule has 0 radical (unpaired) electrons. The first-order valence-electron chi connectivity index (χ1n) is 4.68. The van der Waals surface area contributed by atoms with Crippen LogP contribution in [0.5, 0.6) is 0 Å². The van der Waals surface area contributed by atoms with E-state index in [1.807, 2.05) is 11.4 Å². The molecule has 4 heteroatoms. The lowest BCUT2D eigenvalue weighted by atomic mass is 9.94. The molecular formula is C11H8O2S2. The molecule has 0 saturated heterocycles. The molecule has 1 aliphatic rings. The number of aryl methyl sites for hydroxylation is 2. The van der Waals surface area contributed by atoms with E-state index in [0.717, 1.165) is 24.0 Å². The number of carbonyl (C=O) groups is 1. The Bertz CT molecular complexity index is 537. The van der Waals surface area contributed by atoms with Gasteiger partial charge >= 0.3 is 5.97 Å². The molecule has 0 unspecified atom stereocenters. The van der Waals surface area contributed by atoms with E-state index in [0.29, 0.717) is 5.56 Å². The van der Waals surface area contributed by atoms with Crippen LogP contribution in [0.4, 0.5) is 0 Å². The molecule has 15 heavy (non-hydrogen) atoms. The van der Waals surface area contributed by atoms with Crippen molar-refractivity contribution in [1.82, 2.24) is 0 Å². The fourth-order valence-electron chi connectivity index (χ4n) is 2.02. The number of fused-ring (bicyclic) bond motifs is 3. The number of rotatable bonds is 1. The highest BCUT2D eigenvalue weighted by atomic mass is 32.1. The Balaban J connectivity index is 2.29. The average molecular weight is 236 g/mol. The summed E-state index contributed by atoms with van der Waals surface area (Å²) in [6.07, 6.45) is 2.04. The third-order valence-electron chi connectivity index (χ3n) is 2.69. The van der Waals surface area contributed by atoms with Crippen molar-refractivity contribution in [2.24, 2.45) is 0 Å². The van der Waals surface area contributed by atoms with E-state index in [2.05, 4.69) is 0 Å². The maximum Gasteiger partial charge on any atom is 0.337 e. The molecule has 0 aliphatic heterocycles. The second-order valence-corrected chi connectivity index (χ2v) is 5.48. The van der Waals surface area contributed by atoms with Crippen LogP contribution in [-0.4, -0.2) is 11.1 Å². The zero-order valence-corrected chi connectivity index (χ0v) is 9.45. The summed E-state index contributed by atoms with van der Waals surface area (Å²) in [4.78, 5) is 13.6. The molecule has 1 N–H and O–H groups in total. The largest absolute Gasteiger partial charge is 0.478 e. The van der Waals surface area contributed by atoms with Crippen molar-refractivity contribution in [3.8, 4) is 11.1 Å². The highest BCUT2D eigenvalue weighted by Gasteiger charge is 2.24. The van der Waals surface area contributed by atoms with Crippen LogP contribution in [0.3, 0.4) is 0 Å². The number of thiophene rings is 2. The van der Waals surface area contributed by atoms with Crippen LogP contribution < -0.4 is 0 Å². The molecule has 76 valence electrons. The normalized spacial score (nSPS) is 13.3. The van der Waals surface area contributed by atoms with Gasteiger partial charge < -0.3 is 5.11 Å². The summed E-state index contributed by atoms with van der Waals surface area (Å²) in [5.74, 6) is -0.813. The predicted molar refractivity (Wildman–Crippen MR) is 62.0 cm³/mol. The fraction of sp³-hybridized carbons (Fsp3) is 0.182. The lowest BCUT2D eigenvalue weighted by Gasteiger charge is -2.12. The van der Waals surface area contributed by atoms with Gasteiger partial charge in [0, 0.05) is 20.7 Å². The number of hydrogen-bond acceptors (Lipinski definition) is 3. The summed E-state index contributed by atoms with van der Waals surface area (Å²) in [6.45, 7) is 0. The van der Waals surface area contributed by atoms with Crippen LogP contribution in [0.25, 0.3) is 11.1 Å². The van der Waals surface area contributed by atoms with Gasteiger partial charge in [-0.25, -0.2) is 4.79 Å². The third kappa shape index (κ3) is 1.25. The van der Waals surface area contributed by atoms with Gasteiger partial charge in [-0.2, -0.15) is 0 Å². The van der Waals surface area contributed by atoms with Gasteiger partial charge in [-0.15, -0.1) is 22.7 Å². The number of carboxylic acids is 1. The summed E-state index contributed by atoms with van der Waals surface area (Å²) in [7, 11) is 0. The molecule has 3 rings (SSSR count). The fourth-order valence-corrected chi connectivity index (χ4v) is 3.94. The molecule has 0 spiro atoms. The number of carboxylic acid groups (broad SMARTS) is 1. The van der Waals surface area contributed by atoms with Crippen LogP contribution in [0, 0.1) is 0 Å². The van der Waals surface area contributed by atoms with Gasteiger partial charge in [0.25, 0.3) is 0 Å². The summed E-state index contributed by atoms with van der Waals surface area (Å²) < 4.78 is 0. The molecule has 2 aromatic rings. The van der Waals surface area contributed by atoms with Crippen LogP contribution in [0.1, 0.15) is 20.1 Å². The minimum absolute atomic E-state index is 0.467. The summed E-state index contributed by atoms with van der Waals surface area (Å²) >= 11 is 3.30. The van der Waals surface area contributed by atoms with E-state index in [-0.39, 0.29) is 0 Å². The Kier molecular flexibility index (Phi) is 1.94. The Morgan fingerprint density at radius 3 is 2.87 bits per heavy atom. The summed E-state index contributed by atoms with van der Waals surface area (Å²) in [6, 6.07) is 2.04. The minimum Gasteiger partial charge on any atom is -0.478 e. The highest BCUT2D eigenvalue weighted by molar-refractivity contribution is 7.12. The zero-order valence-electron chi connectivity index (χ0n) is 7.82. The van der Waals surface area contributed by atoms with E-state index in [9.17, 15) is 4.79 Å². The van der Waals surface area contributed by atoms with E-state index >= 15 is 0 Å². The van der Waals surface area contributed by atoms with E-state index < -0.39 is 5.97 Å². The first-order chi connectivity index (χ1) is 7.27. The maximum absolute atomic E-state index is 11.1. The van der Waals surface area contributed by atoms with Gasteiger partial charge in [0.2, 0.25) is 0 Å². The topological polar surface area (TPSA) is 37.3 Å². The van der Waals surface area contributed by atoms with Crippen molar-refractivity contribution in [2.45, 2.75) is 12.8 Å². The molecular weight excluding hydrogens is 228 g/mol. The standard InChI is InChI=1S/C11H8O2S2/c12-11(13)7-5-15-9-2-1-8-6(10(7)9)3-4-14-8/h3-5H,1-2H2,(H,12,13). The molecule has 0 bridgehead atoms. The number of hydrogen-bond donors (Lipinski definition) is 1. The van der Waals surface area contributed by atoms with E-state index in [1.165, 1.54) is 9.75 Å². The van der Waals surface area contributed by atoms with E-state index in [1.54, 1.807) is 28.1 Å². The quantitative estimate of drug-likeness (QED) is 0.825. The van der Waals surface area contributed by atoms with Crippen LogP contribution >= 0.6 is 22.7 Å². The van der Waals surface area contributed by atoms with Crippen molar-refractivity contribution in [1.29, 1.82) is 0 Å². The molecule has 0 amide bonds. The molecule has 0 fully saturated rings. The van der Waals surface area contributed by atoms with Crippen molar-refractivity contribution in [2.75, 3.05) is 0 Å². The predicted octanol–water partition coefficient (Wildman–Crippen LogP) is 3.27. The first-order valence-corrected chi connectivity index (χ1v) is 6.43. The van der Waals surface area contributed by atoms with Gasteiger partial charge in [0.1, 0.15) is 0 Å². The molecule has 1 aliphatic carbocycles.